The van der Waals surface area contributed by atoms with Crippen LogP contribution in [0, 0.1) is 0 Å². The van der Waals surface area contributed by atoms with Crippen molar-refractivity contribution in [2.75, 3.05) is 6.54 Å². The quantitative estimate of drug-likeness (QED) is 0.0485. The number of allylic oxidation sites excluding steroid dienone is 7. The molecule has 6 nitrogen and oxygen atoms in total. The molecule has 0 aromatic carbocycles. The number of ether oxygens (including phenoxy) is 1. The van der Waals surface area contributed by atoms with Crippen molar-refractivity contribution in [2.24, 2.45) is 0 Å². The lowest BCUT2D eigenvalue weighted by molar-refractivity contribution is -0.147. The van der Waals surface area contributed by atoms with Crippen LogP contribution in [0.2, 0.25) is 0 Å². The smallest absolute Gasteiger partial charge is 0.322 e. The van der Waals surface area contributed by atoms with Gasteiger partial charge < -0.3 is 15.2 Å². The normalized spacial score (nSPS) is 12.6. The molecule has 0 saturated carbocycles. The number of amides is 1. The first-order chi connectivity index (χ1) is 21.0. The Morgan fingerprint density at radius 3 is 1.67 bits per heavy atom. The second-order valence-electron chi connectivity index (χ2n) is 11.4. The molecular formula is C37H63NO5. The predicted octanol–water partition coefficient (Wildman–Crippen LogP) is 9.95. The van der Waals surface area contributed by atoms with Crippen LogP contribution in [-0.2, 0) is 19.1 Å². The molecule has 0 saturated heterocycles. The van der Waals surface area contributed by atoms with E-state index >= 15 is 0 Å². The zero-order valence-electron chi connectivity index (χ0n) is 27.5. The summed E-state index contributed by atoms with van der Waals surface area (Å²) in [5, 5.41) is 11.0. The third-order valence-electron chi connectivity index (χ3n) is 7.25. The van der Waals surface area contributed by atoms with Crippen molar-refractivity contribution in [3.63, 3.8) is 0 Å². The fourth-order valence-corrected chi connectivity index (χ4v) is 4.72. The van der Waals surface area contributed by atoms with Crippen LogP contribution >= 0.6 is 0 Å². The summed E-state index contributed by atoms with van der Waals surface area (Å²) < 4.78 is 5.86. The lowest BCUT2D eigenvalue weighted by Gasteiger charge is -2.14. The molecule has 2 N–H and O–H groups in total. The number of aliphatic carboxylic acids is 1. The Kier molecular flexibility index (Phi) is 30.3. The van der Waals surface area contributed by atoms with E-state index in [1.807, 2.05) is 6.08 Å². The van der Waals surface area contributed by atoms with Crippen molar-refractivity contribution < 1.29 is 24.2 Å². The second-order valence-corrected chi connectivity index (χ2v) is 11.4. The van der Waals surface area contributed by atoms with Crippen LogP contribution in [0.25, 0.3) is 0 Å². The molecule has 0 radical (unpaired) electrons. The average molecular weight is 602 g/mol. The monoisotopic (exact) mass is 601 g/mol. The first kappa shape index (κ1) is 40.4. The number of carboxylic acid groups (broad SMARTS) is 1. The van der Waals surface area contributed by atoms with Gasteiger partial charge in [-0.1, -0.05) is 133 Å². The number of hydrogen-bond acceptors (Lipinski definition) is 4. The van der Waals surface area contributed by atoms with E-state index in [-0.39, 0.29) is 24.5 Å². The molecule has 1 amide bonds. The summed E-state index contributed by atoms with van der Waals surface area (Å²) in [6, 6.07) is 0. The number of carbonyl (C=O) groups is 3. The first-order valence-corrected chi connectivity index (χ1v) is 17.3. The number of hydrogen-bond donors (Lipinski definition) is 2. The van der Waals surface area contributed by atoms with Crippen LogP contribution in [-0.4, -0.2) is 35.6 Å². The highest BCUT2D eigenvalue weighted by Gasteiger charge is 2.11. The van der Waals surface area contributed by atoms with Crippen LogP contribution in [0.15, 0.2) is 48.6 Å². The van der Waals surface area contributed by atoms with E-state index in [1.54, 1.807) is 0 Å². The summed E-state index contributed by atoms with van der Waals surface area (Å²) in [5.74, 6) is -1.34. The fraction of sp³-hybridized carbons (Fsp3) is 0.703. The molecule has 0 aromatic heterocycles. The average Bonchev–Trinajstić information content (AvgIpc) is 2.99. The first-order valence-electron chi connectivity index (χ1n) is 17.3. The van der Waals surface area contributed by atoms with Gasteiger partial charge in [-0.3, -0.25) is 14.4 Å². The Balaban J connectivity index is 4.37. The maximum atomic E-state index is 12.6. The minimum atomic E-state index is -1.03. The molecule has 0 heterocycles. The van der Waals surface area contributed by atoms with Crippen LogP contribution in [0.4, 0.5) is 0 Å². The Labute approximate surface area is 263 Å². The molecule has 0 fully saturated rings. The second kappa shape index (κ2) is 32.3. The third kappa shape index (κ3) is 32.1. The van der Waals surface area contributed by atoms with Gasteiger partial charge in [0.25, 0.3) is 0 Å². The lowest BCUT2D eigenvalue weighted by atomic mass is 10.1. The van der Waals surface area contributed by atoms with Gasteiger partial charge in [-0.15, -0.1) is 0 Å². The Hall–Kier alpha value is -2.63. The van der Waals surface area contributed by atoms with Gasteiger partial charge in [0.15, 0.2) is 0 Å². The molecule has 6 heteroatoms. The highest BCUT2D eigenvalue weighted by Crippen LogP contribution is 2.15. The topological polar surface area (TPSA) is 92.7 Å². The van der Waals surface area contributed by atoms with E-state index in [4.69, 9.17) is 9.84 Å². The fourth-order valence-electron chi connectivity index (χ4n) is 4.72. The van der Waals surface area contributed by atoms with Crippen LogP contribution < -0.4 is 5.32 Å². The molecule has 0 aromatic rings. The molecule has 246 valence electrons. The van der Waals surface area contributed by atoms with Crippen LogP contribution in [0.3, 0.4) is 0 Å². The number of carbonyl (C=O) groups excluding carboxylic acids is 2. The summed E-state index contributed by atoms with van der Waals surface area (Å²) >= 11 is 0. The highest BCUT2D eigenvalue weighted by molar-refractivity contribution is 5.80. The minimum Gasteiger partial charge on any atom is -0.480 e. The maximum absolute atomic E-state index is 12.6. The van der Waals surface area contributed by atoms with Crippen molar-refractivity contribution in [3.8, 4) is 0 Å². The largest absolute Gasteiger partial charge is 0.480 e. The Morgan fingerprint density at radius 2 is 1.12 bits per heavy atom. The van der Waals surface area contributed by atoms with E-state index in [0.717, 1.165) is 77.0 Å². The summed E-state index contributed by atoms with van der Waals surface area (Å²) in [6.45, 7) is 4.06. The number of carboxylic acids is 1. The molecule has 1 unspecified atom stereocenters. The number of unbranched alkanes of at least 4 members (excludes halogenated alkanes) is 13. The van der Waals surface area contributed by atoms with Crippen molar-refractivity contribution in [3.05, 3.63) is 48.6 Å². The van der Waals surface area contributed by atoms with Crippen LogP contribution in [0.5, 0.6) is 0 Å². The molecule has 0 aliphatic heterocycles. The molecule has 0 spiro atoms. The van der Waals surface area contributed by atoms with Gasteiger partial charge in [0.2, 0.25) is 5.91 Å². The standard InChI is InChI=1S/C37H63NO5/c1-3-5-7-9-11-13-15-16-18-21-25-29-34(30-26-22-20-23-27-31-35(39)38-33-36(40)41)43-37(42)32-28-24-19-17-14-12-10-8-6-4-2/h5,7,11,13,16,18,25,29,34H,3-4,6,8-10,12,14-15,17,19-24,26-28,30-33H2,1-2H3,(H,38,39)(H,40,41)/b7-5-,13-11-,18-16-,29-25-. The molecule has 0 aliphatic rings. The van der Waals surface area contributed by atoms with Gasteiger partial charge >= 0.3 is 11.9 Å². The molecule has 0 rings (SSSR count). The van der Waals surface area contributed by atoms with Crippen molar-refractivity contribution in [1.29, 1.82) is 0 Å². The van der Waals surface area contributed by atoms with E-state index < -0.39 is 5.97 Å². The molecular weight excluding hydrogens is 538 g/mol. The molecule has 0 aliphatic carbocycles. The van der Waals surface area contributed by atoms with E-state index in [0.29, 0.717) is 12.8 Å². The van der Waals surface area contributed by atoms with Gasteiger partial charge in [0, 0.05) is 12.8 Å². The highest BCUT2D eigenvalue weighted by atomic mass is 16.5. The van der Waals surface area contributed by atoms with Gasteiger partial charge in [-0.25, -0.2) is 0 Å². The lowest BCUT2D eigenvalue weighted by Crippen LogP contribution is -2.28. The SMILES string of the molecule is CC/C=C\C/C=C\C/C=C\C/C=C\C(CCCCCCCC(=O)NCC(=O)O)OC(=O)CCCCCCCCCCCC. The number of rotatable bonds is 30. The minimum absolute atomic E-state index is 0.0978. The van der Waals surface area contributed by atoms with Gasteiger partial charge in [-0.2, -0.15) is 0 Å². The number of nitrogens with one attached hydrogen (secondary N) is 1. The van der Waals surface area contributed by atoms with E-state index in [9.17, 15) is 14.4 Å². The predicted molar refractivity (Wildman–Crippen MR) is 180 cm³/mol. The zero-order valence-corrected chi connectivity index (χ0v) is 27.5. The van der Waals surface area contributed by atoms with Crippen molar-refractivity contribution in [2.45, 2.75) is 161 Å². The number of esters is 1. The van der Waals surface area contributed by atoms with E-state index in [2.05, 4.69) is 61.7 Å². The molecule has 0 bridgehead atoms. The summed E-state index contributed by atoms with van der Waals surface area (Å²) in [7, 11) is 0. The Morgan fingerprint density at radius 1 is 0.628 bits per heavy atom. The summed E-state index contributed by atoms with van der Waals surface area (Å²) in [5.41, 5.74) is 0. The molecule has 1 atom stereocenters. The van der Waals surface area contributed by atoms with E-state index in [1.165, 1.54) is 51.4 Å². The van der Waals surface area contributed by atoms with Crippen molar-refractivity contribution in [1.82, 2.24) is 5.32 Å². The Bertz CT molecular complexity index is 799. The van der Waals surface area contributed by atoms with Gasteiger partial charge in [-0.05, 0) is 57.4 Å². The van der Waals surface area contributed by atoms with Crippen LogP contribution in [0.1, 0.15) is 155 Å². The third-order valence-corrected chi connectivity index (χ3v) is 7.25. The van der Waals surface area contributed by atoms with Gasteiger partial charge in [0.1, 0.15) is 12.6 Å². The van der Waals surface area contributed by atoms with Crippen molar-refractivity contribution >= 4 is 17.8 Å². The molecule has 43 heavy (non-hydrogen) atoms. The maximum Gasteiger partial charge on any atom is 0.322 e. The zero-order chi connectivity index (χ0) is 31.6. The van der Waals surface area contributed by atoms with Gasteiger partial charge in [0.05, 0.1) is 0 Å². The summed E-state index contributed by atoms with van der Waals surface area (Å²) in [4.78, 5) is 34.7. The summed E-state index contributed by atoms with van der Waals surface area (Å²) in [6.07, 6.45) is 39.5.